The fourth-order valence-electron chi connectivity index (χ4n) is 5.13. The highest BCUT2D eigenvalue weighted by atomic mass is 16.5. The van der Waals surface area contributed by atoms with Crippen LogP contribution in [0.15, 0.2) is 43.0 Å². The van der Waals surface area contributed by atoms with Gasteiger partial charge in [0, 0.05) is 37.1 Å². The molecule has 5 heterocycles. The summed E-state index contributed by atoms with van der Waals surface area (Å²) in [5.41, 5.74) is 4.03. The van der Waals surface area contributed by atoms with Gasteiger partial charge in [0.15, 0.2) is 5.65 Å². The summed E-state index contributed by atoms with van der Waals surface area (Å²) in [5, 5.41) is 18.3. The Kier molecular flexibility index (Phi) is 6.12. The van der Waals surface area contributed by atoms with E-state index in [1.54, 1.807) is 40.7 Å². The number of rotatable bonds is 6. The Morgan fingerprint density at radius 3 is 2.76 bits per heavy atom. The standard InChI is InChI=1S/C26H29N9O3/c1-17-21(11-20(13-27-17)29-23(36)15-34-8-9-38-16-26(34)5-3-6-26)30-25(37)24-32-31-22-10-18(4-7-35(22)24)19-12-28-33(2)14-19/h4,7,10-14H,3,5-6,8-9,15-16H2,1-2H3,(H,29,36)(H,30,37). The van der Waals surface area contributed by atoms with E-state index in [-0.39, 0.29) is 17.3 Å². The van der Waals surface area contributed by atoms with E-state index in [2.05, 4.69) is 35.8 Å². The summed E-state index contributed by atoms with van der Waals surface area (Å²) in [6, 6.07) is 5.45. The molecule has 2 fully saturated rings. The number of ether oxygens (including phenoxy) is 1. The van der Waals surface area contributed by atoms with Gasteiger partial charge in [-0.2, -0.15) is 5.10 Å². The van der Waals surface area contributed by atoms with Crippen LogP contribution >= 0.6 is 0 Å². The van der Waals surface area contributed by atoms with Crippen LogP contribution in [-0.4, -0.2) is 77.9 Å². The molecule has 2 amide bonds. The molecule has 1 aliphatic heterocycles. The number of anilines is 2. The molecule has 0 atom stereocenters. The van der Waals surface area contributed by atoms with Gasteiger partial charge in [-0.05, 0) is 49.9 Å². The van der Waals surface area contributed by atoms with Gasteiger partial charge in [0.1, 0.15) is 0 Å². The first kappa shape index (κ1) is 24.2. The number of nitrogens with zero attached hydrogens (tertiary/aromatic N) is 7. The fourth-order valence-corrected chi connectivity index (χ4v) is 5.13. The second kappa shape index (κ2) is 9.62. The summed E-state index contributed by atoms with van der Waals surface area (Å²) in [6.07, 6.45) is 10.3. The Labute approximate surface area is 219 Å². The van der Waals surface area contributed by atoms with Crippen LogP contribution in [-0.2, 0) is 16.6 Å². The number of aromatic nitrogens is 6. The van der Waals surface area contributed by atoms with E-state index in [9.17, 15) is 9.59 Å². The number of nitrogens with one attached hydrogen (secondary N) is 2. The third kappa shape index (κ3) is 4.52. The monoisotopic (exact) mass is 515 g/mol. The molecule has 4 aromatic heterocycles. The summed E-state index contributed by atoms with van der Waals surface area (Å²) in [7, 11) is 1.85. The number of carbonyl (C=O) groups excluding carboxylic acids is 2. The average molecular weight is 516 g/mol. The van der Waals surface area contributed by atoms with Gasteiger partial charge >= 0.3 is 0 Å². The maximum atomic E-state index is 13.1. The SMILES string of the molecule is Cc1ncc(NC(=O)CN2CCOCC23CCC3)cc1NC(=O)c1nnc2cc(-c3cnn(C)c3)ccn12. The van der Waals surface area contributed by atoms with Crippen LogP contribution in [0.25, 0.3) is 16.8 Å². The van der Waals surface area contributed by atoms with Crippen molar-refractivity contribution in [2.75, 3.05) is 36.9 Å². The first-order chi connectivity index (χ1) is 18.4. The predicted octanol–water partition coefficient (Wildman–Crippen LogP) is 2.28. The van der Waals surface area contributed by atoms with E-state index in [0.29, 0.717) is 42.5 Å². The van der Waals surface area contributed by atoms with Crippen molar-refractivity contribution in [3.63, 3.8) is 0 Å². The molecular formula is C26H29N9O3. The zero-order valence-corrected chi connectivity index (χ0v) is 21.3. The van der Waals surface area contributed by atoms with Gasteiger partial charge in [-0.1, -0.05) is 0 Å². The number of amides is 2. The van der Waals surface area contributed by atoms with Crippen LogP contribution in [0.4, 0.5) is 11.4 Å². The molecule has 6 rings (SSSR count). The van der Waals surface area contributed by atoms with E-state index >= 15 is 0 Å². The molecule has 38 heavy (non-hydrogen) atoms. The second-order valence-electron chi connectivity index (χ2n) is 9.98. The third-order valence-electron chi connectivity index (χ3n) is 7.44. The topological polar surface area (TPSA) is 132 Å². The maximum absolute atomic E-state index is 13.1. The smallest absolute Gasteiger partial charge is 0.294 e. The molecule has 1 spiro atoms. The van der Waals surface area contributed by atoms with E-state index < -0.39 is 5.91 Å². The Bertz CT molecular complexity index is 1520. The predicted molar refractivity (Wildman–Crippen MR) is 140 cm³/mol. The van der Waals surface area contributed by atoms with Crippen LogP contribution in [0.1, 0.15) is 35.6 Å². The molecule has 12 nitrogen and oxygen atoms in total. The van der Waals surface area contributed by atoms with Crippen LogP contribution in [0.3, 0.4) is 0 Å². The quantitative estimate of drug-likeness (QED) is 0.400. The van der Waals surface area contributed by atoms with Gasteiger partial charge in [-0.25, -0.2) is 0 Å². The molecule has 4 aromatic rings. The molecular weight excluding hydrogens is 486 g/mol. The van der Waals surface area contributed by atoms with Crippen LogP contribution in [0, 0.1) is 6.92 Å². The van der Waals surface area contributed by atoms with Gasteiger partial charge in [0.25, 0.3) is 5.91 Å². The summed E-state index contributed by atoms with van der Waals surface area (Å²) >= 11 is 0. The second-order valence-corrected chi connectivity index (χ2v) is 9.98. The molecule has 12 heteroatoms. The number of aryl methyl sites for hydroxylation is 2. The first-order valence-corrected chi connectivity index (χ1v) is 12.6. The van der Waals surface area contributed by atoms with Crippen molar-refractivity contribution in [2.24, 2.45) is 7.05 Å². The third-order valence-corrected chi connectivity index (χ3v) is 7.44. The highest BCUT2D eigenvalue weighted by molar-refractivity contribution is 6.03. The lowest BCUT2D eigenvalue weighted by Crippen LogP contribution is -2.62. The molecule has 2 aliphatic rings. The Balaban J connectivity index is 1.15. The lowest BCUT2D eigenvalue weighted by Gasteiger charge is -2.52. The van der Waals surface area contributed by atoms with Gasteiger partial charge in [0.05, 0.1) is 49.2 Å². The number of fused-ring (bicyclic) bond motifs is 1. The fraction of sp³-hybridized carbons (Fsp3) is 0.385. The molecule has 1 aliphatic carbocycles. The van der Waals surface area contributed by atoms with Crippen molar-refractivity contribution < 1.29 is 14.3 Å². The lowest BCUT2D eigenvalue weighted by molar-refractivity contribution is -0.131. The summed E-state index contributed by atoms with van der Waals surface area (Å²) in [4.78, 5) is 32.6. The normalized spacial score (nSPS) is 16.9. The minimum atomic E-state index is -0.430. The number of morpholine rings is 1. The first-order valence-electron chi connectivity index (χ1n) is 12.6. The zero-order valence-electron chi connectivity index (χ0n) is 21.3. The van der Waals surface area contributed by atoms with Gasteiger partial charge < -0.3 is 15.4 Å². The van der Waals surface area contributed by atoms with Crippen molar-refractivity contribution in [1.82, 2.24) is 34.3 Å². The zero-order chi connectivity index (χ0) is 26.3. The van der Waals surface area contributed by atoms with Crippen molar-refractivity contribution in [2.45, 2.75) is 31.7 Å². The highest BCUT2D eigenvalue weighted by Crippen LogP contribution is 2.39. The number of hydrogen-bond donors (Lipinski definition) is 2. The van der Waals surface area contributed by atoms with Gasteiger partial charge in [-0.15, -0.1) is 10.2 Å². The van der Waals surface area contributed by atoms with Gasteiger partial charge in [-0.3, -0.25) is 28.6 Å². The van der Waals surface area contributed by atoms with E-state index in [1.165, 1.54) is 6.42 Å². The molecule has 0 radical (unpaired) electrons. The Morgan fingerprint density at radius 1 is 1.13 bits per heavy atom. The van der Waals surface area contributed by atoms with Crippen LogP contribution < -0.4 is 10.6 Å². The Morgan fingerprint density at radius 2 is 2.00 bits per heavy atom. The molecule has 2 N–H and O–H groups in total. The number of hydrogen-bond acceptors (Lipinski definition) is 8. The van der Waals surface area contributed by atoms with E-state index in [1.807, 2.05) is 25.4 Å². The molecule has 0 unspecified atom stereocenters. The van der Waals surface area contributed by atoms with E-state index in [0.717, 1.165) is 30.5 Å². The van der Waals surface area contributed by atoms with Crippen molar-refractivity contribution in [3.05, 3.63) is 54.5 Å². The van der Waals surface area contributed by atoms with Crippen molar-refractivity contribution in [1.29, 1.82) is 0 Å². The minimum absolute atomic E-state index is 0.0000166. The molecule has 0 aromatic carbocycles. The van der Waals surface area contributed by atoms with Crippen LogP contribution in [0.5, 0.6) is 0 Å². The van der Waals surface area contributed by atoms with E-state index in [4.69, 9.17) is 4.74 Å². The van der Waals surface area contributed by atoms with Crippen molar-refractivity contribution >= 4 is 28.8 Å². The average Bonchev–Trinajstić information content (AvgIpc) is 3.51. The summed E-state index contributed by atoms with van der Waals surface area (Å²) < 4.78 is 9.02. The molecule has 196 valence electrons. The number of pyridine rings is 2. The molecule has 1 saturated heterocycles. The molecule has 0 bridgehead atoms. The molecule has 1 saturated carbocycles. The maximum Gasteiger partial charge on any atom is 0.294 e. The minimum Gasteiger partial charge on any atom is -0.378 e. The van der Waals surface area contributed by atoms with Gasteiger partial charge in [0.2, 0.25) is 11.7 Å². The highest BCUT2D eigenvalue weighted by Gasteiger charge is 2.45. The largest absolute Gasteiger partial charge is 0.378 e. The Hall–Kier alpha value is -4.16. The van der Waals surface area contributed by atoms with Crippen molar-refractivity contribution in [3.8, 4) is 11.1 Å². The van der Waals surface area contributed by atoms with Crippen LogP contribution in [0.2, 0.25) is 0 Å². The number of carbonyl (C=O) groups is 2. The summed E-state index contributed by atoms with van der Waals surface area (Å²) in [5.74, 6) is -0.404. The summed E-state index contributed by atoms with van der Waals surface area (Å²) in [6.45, 7) is 4.16. The lowest BCUT2D eigenvalue weighted by atomic mass is 9.75.